The van der Waals surface area contributed by atoms with Crippen LogP contribution in [0.2, 0.25) is 0 Å². The summed E-state index contributed by atoms with van der Waals surface area (Å²) < 4.78 is 15.9. The molecule has 136 valence electrons. The summed E-state index contributed by atoms with van der Waals surface area (Å²) in [7, 11) is 4.76. The Labute approximate surface area is 149 Å². The predicted molar refractivity (Wildman–Crippen MR) is 95.5 cm³/mol. The van der Waals surface area contributed by atoms with Gasteiger partial charge in [0.2, 0.25) is 5.91 Å². The molecule has 1 fully saturated rings. The lowest BCUT2D eigenvalue weighted by Gasteiger charge is -2.15. The Morgan fingerprint density at radius 3 is 2.42 bits per heavy atom. The molecule has 1 aromatic rings. The van der Waals surface area contributed by atoms with Crippen molar-refractivity contribution in [2.24, 2.45) is 0 Å². The normalized spacial score (nSPS) is 16.2. The predicted octanol–water partition coefficient (Wildman–Crippen LogP) is 2.28. The lowest BCUT2D eigenvalue weighted by Crippen LogP contribution is -2.27. The molecule has 0 saturated carbocycles. The van der Waals surface area contributed by atoms with Crippen LogP contribution in [0.5, 0.6) is 17.2 Å². The van der Waals surface area contributed by atoms with E-state index in [0.717, 1.165) is 24.9 Å². The van der Waals surface area contributed by atoms with Crippen LogP contribution in [0.3, 0.4) is 0 Å². The summed E-state index contributed by atoms with van der Waals surface area (Å²) in [5.41, 5.74) is 0.859. The van der Waals surface area contributed by atoms with E-state index in [2.05, 4.69) is 10.6 Å². The van der Waals surface area contributed by atoms with Crippen molar-refractivity contribution in [3.05, 3.63) is 17.7 Å². The number of amides is 1. The topological polar surface area (TPSA) is 68.8 Å². The molecule has 2 rings (SSSR count). The van der Waals surface area contributed by atoms with Crippen LogP contribution in [0.1, 0.15) is 31.2 Å². The fraction of sp³-hybridized carbons (Fsp3) is 0.588. The van der Waals surface area contributed by atoms with Crippen LogP contribution in [0.15, 0.2) is 12.1 Å². The average molecular weight is 359 g/mol. The number of ether oxygens (including phenoxy) is 3. The van der Waals surface area contributed by atoms with E-state index in [1.807, 2.05) is 6.07 Å². The number of halogens is 1. The van der Waals surface area contributed by atoms with Crippen LogP contribution in [-0.4, -0.2) is 39.8 Å². The summed E-state index contributed by atoms with van der Waals surface area (Å²) >= 11 is 0. The minimum atomic E-state index is 0. The third-order valence-electron chi connectivity index (χ3n) is 4.14. The molecule has 24 heavy (non-hydrogen) atoms. The van der Waals surface area contributed by atoms with Crippen LogP contribution < -0.4 is 24.8 Å². The van der Waals surface area contributed by atoms with Crippen LogP contribution in [0.4, 0.5) is 0 Å². The second kappa shape index (κ2) is 10.3. The monoisotopic (exact) mass is 358 g/mol. The summed E-state index contributed by atoms with van der Waals surface area (Å²) in [5, 5.41) is 6.34. The molecule has 1 unspecified atom stereocenters. The third-order valence-corrected chi connectivity index (χ3v) is 4.14. The van der Waals surface area contributed by atoms with Crippen LogP contribution in [0, 0.1) is 0 Å². The molecule has 1 heterocycles. The smallest absolute Gasteiger partial charge is 0.220 e. The highest BCUT2D eigenvalue weighted by Crippen LogP contribution is 2.34. The first-order valence-corrected chi connectivity index (χ1v) is 7.97. The zero-order chi connectivity index (χ0) is 16.7. The summed E-state index contributed by atoms with van der Waals surface area (Å²) in [4.78, 5) is 12.0. The maximum atomic E-state index is 12.0. The van der Waals surface area contributed by atoms with Gasteiger partial charge in [-0.1, -0.05) is 0 Å². The van der Waals surface area contributed by atoms with E-state index in [1.54, 1.807) is 27.4 Å². The number of hydrogen-bond acceptors (Lipinski definition) is 5. The standard InChI is InChI=1S/C17H26N2O4.ClH/c1-21-14-10-16(23-3)15(22-2)9-12(14)11-19-17(20)7-6-13-5-4-8-18-13;/h9-10,13,18H,4-8,11H2,1-3H3,(H,19,20);1H. The largest absolute Gasteiger partial charge is 0.496 e. The van der Waals surface area contributed by atoms with Crippen molar-refractivity contribution in [3.63, 3.8) is 0 Å². The molecule has 1 aliphatic heterocycles. The molecule has 1 aliphatic rings. The zero-order valence-corrected chi connectivity index (χ0v) is 15.3. The van der Waals surface area contributed by atoms with Gasteiger partial charge in [0.05, 0.1) is 21.3 Å². The van der Waals surface area contributed by atoms with Crippen molar-refractivity contribution in [1.29, 1.82) is 0 Å². The van der Waals surface area contributed by atoms with Crippen LogP contribution in [0.25, 0.3) is 0 Å². The number of nitrogens with one attached hydrogen (secondary N) is 2. The number of carbonyl (C=O) groups excluding carboxylic acids is 1. The fourth-order valence-corrected chi connectivity index (χ4v) is 2.82. The highest BCUT2D eigenvalue weighted by molar-refractivity contribution is 5.85. The molecule has 1 amide bonds. The third kappa shape index (κ3) is 5.46. The van der Waals surface area contributed by atoms with Gasteiger partial charge < -0.3 is 24.8 Å². The first-order chi connectivity index (χ1) is 11.2. The number of methoxy groups -OCH3 is 3. The molecule has 0 radical (unpaired) electrons. The molecule has 2 N–H and O–H groups in total. The number of hydrogen-bond donors (Lipinski definition) is 2. The van der Waals surface area contributed by atoms with E-state index >= 15 is 0 Å². The van der Waals surface area contributed by atoms with E-state index in [4.69, 9.17) is 14.2 Å². The van der Waals surface area contributed by atoms with Gasteiger partial charge in [-0.05, 0) is 31.9 Å². The summed E-state index contributed by atoms with van der Waals surface area (Å²) in [6.07, 6.45) is 3.79. The van der Waals surface area contributed by atoms with Gasteiger partial charge in [-0.2, -0.15) is 0 Å². The molecule has 7 heteroatoms. The Kier molecular flexibility index (Phi) is 8.71. The Balaban J connectivity index is 0.00000288. The zero-order valence-electron chi connectivity index (χ0n) is 14.5. The van der Waals surface area contributed by atoms with Crippen LogP contribution >= 0.6 is 12.4 Å². The second-order valence-corrected chi connectivity index (χ2v) is 5.63. The minimum absolute atomic E-state index is 0. The molecular weight excluding hydrogens is 332 g/mol. The second-order valence-electron chi connectivity index (χ2n) is 5.63. The first-order valence-electron chi connectivity index (χ1n) is 7.97. The fourth-order valence-electron chi connectivity index (χ4n) is 2.82. The lowest BCUT2D eigenvalue weighted by molar-refractivity contribution is -0.121. The van der Waals surface area contributed by atoms with Gasteiger partial charge in [0.25, 0.3) is 0 Å². The molecule has 0 aromatic heterocycles. The maximum Gasteiger partial charge on any atom is 0.220 e. The molecule has 0 aliphatic carbocycles. The minimum Gasteiger partial charge on any atom is -0.496 e. The highest BCUT2D eigenvalue weighted by atomic mass is 35.5. The Morgan fingerprint density at radius 2 is 1.83 bits per heavy atom. The number of rotatable bonds is 8. The molecule has 0 bridgehead atoms. The average Bonchev–Trinajstić information content (AvgIpc) is 3.10. The van der Waals surface area contributed by atoms with E-state index in [-0.39, 0.29) is 18.3 Å². The van der Waals surface area contributed by atoms with Crippen molar-refractivity contribution < 1.29 is 19.0 Å². The van der Waals surface area contributed by atoms with Crippen LogP contribution in [-0.2, 0) is 11.3 Å². The Morgan fingerprint density at radius 1 is 1.17 bits per heavy atom. The van der Waals surface area contributed by atoms with Crippen molar-refractivity contribution in [2.45, 2.75) is 38.3 Å². The van der Waals surface area contributed by atoms with Crippen molar-refractivity contribution >= 4 is 18.3 Å². The van der Waals surface area contributed by atoms with E-state index in [9.17, 15) is 4.79 Å². The SMILES string of the molecule is COc1cc(OC)c(OC)cc1CNC(=O)CCC1CCCN1.Cl. The van der Waals surface area contributed by atoms with Gasteiger partial charge in [-0.25, -0.2) is 0 Å². The Bertz CT molecular complexity index is 534. The van der Waals surface area contributed by atoms with E-state index in [0.29, 0.717) is 36.3 Å². The Hall–Kier alpha value is -1.66. The van der Waals surface area contributed by atoms with Crippen molar-refractivity contribution in [2.75, 3.05) is 27.9 Å². The molecule has 1 saturated heterocycles. The molecular formula is C17H27ClN2O4. The van der Waals surface area contributed by atoms with E-state index in [1.165, 1.54) is 6.42 Å². The van der Waals surface area contributed by atoms with Gasteiger partial charge in [0.1, 0.15) is 5.75 Å². The van der Waals surface area contributed by atoms with Gasteiger partial charge in [0.15, 0.2) is 11.5 Å². The van der Waals surface area contributed by atoms with Gasteiger partial charge in [-0.15, -0.1) is 12.4 Å². The maximum absolute atomic E-state index is 12.0. The van der Waals surface area contributed by atoms with E-state index < -0.39 is 0 Å². The molecule has 1 aromatic carbocycles. The first kappa shape index (κ1) is 20.4. The summed E-state index contributed by atoms with van der Waals surface area (Å²) in [6, 6.07) is 4.08. The number of carbonyl (C=O) groups is 1. The quantitative estimate of drug-likeness (QED) is 0.746. The van der Waals surface area contributed by atoms with Gasteiger partial charge in [0, 0.05) is 30.6 Å². The summed E-state index contributed by atoms with van der Waals surface area (Å²) in [6.45, 7) is 1.47. The molecule has 1 atom stereocenters. The number of benzene rings is 1. The summed E-state index contributed by atoms with van der Waals surface area (Å²) in [5.74, 6) is 1.94. The van der Waals surface area contributed by atoms with Crippen molar-refractivity contribution in [3.8, 4) is 17.2 Å². The van der Waals surface area contributed by atoms with Crippen molar-refractivity contribution in [1.82, 2.24) is 10.6 Å². The van der Waals surface area contributed by atoms with Gasteiger partial charge in [-0.3, -0.25) is 4.79 Å². The molecule has 6 nitrogen and oxygen atoms in total. The van der Waals surface area contributed by atoms with Gasteiger partial charge >= 0.3 is 0 Å². The lowest BCUT2D eigenvalue weighted by atomic mass is 10.1. The molecule has 0 spiro atoms. The highest BCUT2D eigenvalue weighted by Gasteiger charge is 2.16.